The van der Waals surface area contributed by atoms with E-state index in [9.17, 15) is 9.59 Å². The van der Waals surface area contributed by atoms with E-state index in [1.165, 1.54) is 24.3 Å². The van der Waals surface area contributed by atoms with Crippen molar-refractivity contribution in [2.45, 2.75) is 18.8 Å². The van der Waals surface area contributed by atoms with Crippen LogP contribution in [0.1, 0.15) is 45.3 Å². The van der Waals surface area contributed by atoms with Crippen molar-refractivity contribution in [2.75, 3.05) is 20.2 Å². The molecular formula is C18H19N7O3. The van der Waals surface area contributed by atoms with E-state index in [0.717, 1.165) is 18.4 Å². The number of carbonyl (C=O) groups excluding carboxylic acids is 2. The second-order valence-corrected chi connectivity index (χ2v) is 6.56. The van der Waals surface area contributed by atoms with Gasteiger partial charge in [0.05, 0.1) is 12.7 Å². The van der Waals surface area contributed by atoms with Gasteiger partial charge in [0.15, 0.2) is 0 Å². The molecule has 10 nitrogen and oxygen atoms in total. The van der Waals surface area contributed by atoms with Gasteiger partial charge in [-0.2, -0.15) is 4.98 Å². The quantitative estimate of drug-likeness (QED) is 0.674. The third-order valence-electron chi connectivity index (χ3n) is 4.84. The lowest BCUT2D eigenvalue weighted by molar-refractivity contribution is 0.0600. The average molecular weight is 381 g/mol. The summed E-state index contributed by atoms with van der Waals surface area (Å²) in [6.07, 6.45) is 4.80. The molecule has 1 unspecified atom stereocenters. The summed E-state index contributed by atoms with van der Waals surface area (Å²) in [4.78, 5) is 30.4. The molecule has 144 valence electrons. The van der Waals surface area contributed by atoms with Gasteiger partial charge in [-0.05, 0) is 30.5 Å². The molecule has 0 saturated carbocycles. The summed E-state index contributed by atoms with van der Waals surface area (Å²) in [5.74, 6) is 0.152. The number of rotatable bonds is 4. The van der Waals surface area contributed by atoms with Gasteiger partial charge in [-0.25, -0.2) is 4.79 Å². The maximum Gasteiger partial charge on any atom is 0.337 e. The van der Waals surface area contributed by atoms with Gasteiger partial charge in [-0.15, -0.1) is 15.3 Å². The van der Waals surface area contributed by atoms with E-state index in [2.05, 4.69) is 25.4 Å². The number of nitrogens with zero attached hydrogens (tertiary/aromatic N) is 6. The lowest BCUT2D eigenvalue weighted by Crippen LogP contribution is -2.39. The summed E-state index contributed by atoms with van der Waals surface area (Å²) in [5.41, 5.74) is 1.60. The highest BCUT2D eigenvalue weighted by Gasteiger charge is 2.27. The molecule has 1 saturated heterocycles. The Morgan fingerprint density at radius 3 is 2.64 bits per heavy atom. The molecule has 0 aliphatic carbocycles. The maximum absolute atomic E-state index is 12.8. The van der Waals surface area contributed by atoms with E-state index in [4.69, 9.17) is 4.74 Å². The fraction of sp³-hybridized carbons (Fsp3) is 0.333. The standard InChI is InChI=1S/C18H19N7O3/c1-28-17(27)13-6-4-12(5-7-13)14-3-2-8-24(9-14)16(26)15-21-18(23-22-15)25-10-19-20-11-25/h4-7,10-11,14H,2-3,8-9H2,1H3,(H,21,22,23). The molecule has 1 amide bonds. The Balaban J connectivity index is 1.46. The Morgan fingerprint density at radius 1 is 1.18 bits per heavy atom. The topological polar surface area (TPSA) is 119 Å². The number of nitrogens with one attached hydrogen (secondary N) is 1. The number of likely N-dealkylation sites (tertiary alicyclic amines) is 1. The van der Waals surface area contributed by atoms with Crippen LogP contribution in [0.4, 0.5) is 0 Å². The van der Waals surface area contributed by atoms with Crippen LogP contribution in [0.5, 0.6) is 0 Å². The summed E-state index contributed by atoms with van der Waals surface area (Å²) in [5, 5.41) is 14.1. The van der Waals surface area contributed by atoms with Gasteiger partial charge < -0.3 is 9.64 Å². The number of aromatic nitrogens is 6. The van der Waals surface area contributed by atoms with E-state index in [0.29, 0.717) is 24.6 Å². The zero-order chi connectivity index (χ0) is 19.5. The van der Waals surface area contributed by atoms with Crippen LogP contribution in [0.25, 0.3) is 5.95 Å². The first-order chi connectivity index (χ1) is 13.7. The first kappa shape index (κ1) is 17.8. The molecule has 3 heterocycles. The number of carbonyl (C=O) groups is 2. The summed E-state index contributed by atoms with van der Waals surface area (Å²) in [6, 6.07) is 7.35. The van der Waals surface area contributed by atoms with Gasteiger partial charge in [0.2, 0.25) is 5.82 Å². The highest BCUT2D eigenvalue weighted by atomic mass is 16.5. The Kier molecular flexibility index (Phi) is 4.83. The first-order valence-corrected chi connectivity index (χ1v) is 8.90. The molecule has 2 aromatic heterocycles. The Morgan fingerprint density at radius 2 is 1.93 bits per heavy atom. The smallest absolute Gasteiger partial charge is 0.337 e. The SMILES string of the molecule is COC(=O)c1ccc(C2CCCN(C(=O)c3nc(-n4cnnc4)n[nH]3)C2)cc1. The van der Waals surface area contributed by atoms with E-state index >= 15 is 0 Å². The summed E-state index contributed by atoms with van der Waals surface area (Å²) >= 11 is 0. The highest BCUT2D eigenvalue weighted by Crippen LogP contribution is 2.28. The minimum atomic E-state index is -0.360. The zero-order valence-electron chi connectivity index (χ0n) is 15.3. The first-order valence-electron chi connectivity index (χ1n) is 8.90. The minimum Gasteiger partial charge on any atom is -0.465 e. The summed E-state index contributed by atoms with van der Waals surface area (Å²) in [7, 11) is 1.36. The van der Waals surface area contributed by atoms with Crippen LogP contribution in [-0.4, -0.2) is 66.9 Å². The Hall–Kier alpha value is -3.56. The molecule has 0 spiro atoms. The van der Waals surface area contributed by atoms with E-state index in [1.54, 1.807) is 17.0 Å². The number of methoxy groups -OCH3 is 1. The number of hydrogen-bond acceptors (Lipinski definition) is 7. The van der Waals surface area contributed by atoms with Crippen molar-refractivity contribution in [3.05, 3.63) is 53.9 Å². The van der Waals surface area contributed by atoms with Gasteiger partial charge >= 0.3 is 5.97 Å². The van der Waals surface area contributed by atoms with Crippen LogP contribution < -0.4 is 0 Å². The predicted octanol–water partition coefficient (Wildman–Crippen LogP) is 1.19. The second kappa shape index (κ2) is 7.59. The molecule has 10 heteroatoms. The van der Waals surface area contributed by atoms with Crippen molar-refractivity contribution in [3.8, 4) is 5.95 Å². The van der Waals surface area contributed by atoms with E-state index < -0.39 is 0 Å². The van der Waals surface area contributed by atoms with Crippen LogP contribution in [-0.2, 0) is 4.74 Å². The van der Waals surface area contributed by atoms with Gasteiger partial charge in [-0.3, -0.25) is 14.5 Å². The fourth-order valence-electron chi connectivity index (χ4n) is 3.36. The number of esters is 1. The molecule has 0 radical (unpaired) electrons. The van der Waals surface area contributed by atoms with Crippen LogP contribution in [0, 0.1) is 0 Å². The second-order valence-electron chi connectivity index (χ2n) is 6.56. The van der Waals surface area contributed by atoms with E-state index in [1.807, 2.05) is 12.1 Å². The van der Waals surface area contributed by atoms with Gasteiger partial charge in [0.1, 0.15) is 12.7 Å². The Bertz CT molecular complexity index is 965. The predicted molar refractivity (Wildman–Crippen MR) is 97.0 cm³/mol. The maximum atomic E-state index is 12.8. The van der Waals surface area contributed by atoms with Crippen LogP contribution >= 0.6 is 0 Å². The molecular weight excluding hydrogens is 362 g/mol. The third kappa shape index (κ3) is 3.48. The van der Waals surface area contributed by atoms with Crippen molar-refractivity contribution in [1.82, 2.24) is 34.8 Å². The highest BCUT2D eigenvalue weighted by molar-refractivity contribution is 5.91. The number of hydrogen-bond donors (Lipinski definition) is 1. The molecule has 1 fully saturated rings. The van der Waals surface area contributed by atoms with Crippen LogP contribution in [0.15, 0.2) is 36.9 Å². The average Bonchev–Trinajstić information content (AvgIpc) is 3.44. The minimum absolute atomic E-state index is 0.186. The summed E-state index contributed by atoms with van der Waals surface area (Å²) in [6.45, 7) is 1.25. The van der Waals surface area contributed by atoms with Gasteiger partial charge in [-0.1, -0.05) is 12.1 Å². The number of piperidine rings is 1. The van der Waals surface area contributed by atoms with Crippen molar-refractivity contribution in [1.29, 1.82) is 0 Å². The number of H-pyrrole nitrogens is 1. The van der Waals surface area contributed by atoms with Gasteiger partial charge in [0.25, 0.3) is 11.9 Å². The zero-order valence-corrected chi connectivity index (χ0v) is 15.3. The normalized spacial score (nSPS) is 16.8. The Labute approximate surface area is 160 Å². The van der Waals surface area contributed by atoms with Crippen molar-refractivity contribution < 1.29 is 14.3 Å². The third-order valence-corrected chi connectivity index (χ3v) is 4.84. The number of ether oxygens (including phenoxy) is 1. The molecule has 4 rings (SSSR count). The number of amides is 1. The largest absolute Gasteiger partial charge is 0.465 e. The number of aromatic amines is 1. The molecule has 28 heavy (non-hydrogen) atoms. The molecule has 1 N–H and O–H groups in total. The lowest BCUT2D eigenvalue weighted by atomic mass is 9.90. The fourth-order valence-corrected chi connectivity index (χ4v) is 3.36. The van der Waals surface area contributed by atoms with Crippen LogP contribution in [0.2, 0.25) is 0 Å². The van der Waals surface area contributed by atoms with Crippen molar-refractivity contribution in [2.24, 2.45) is 0 Å². The molecule has 1 aliphatic rings. The number of benzene rings is 1. The van der Waals surface area contributed by atoms with Gasteiger partial charge in [0, 0.05) is 19.0 Å². The molecule has 3 aromatic rings. The molecule has 0 bridgehead atoms. The van der Waals surface area contributed by atoms with Crippen molar-refractivity contribution in [3.63, 3.8) is 0 Å². The van der Waals surface area contributed by atoms with E-state index in [-0.39, 0.29) is 23.6 Å². The lowest BCUT2D eigenvalue weighted by Gasteiger charge is -2.32. The molecule has 1 aliphatic heterocycles. The summed E-state index contributed by atoms with van der Waals surface area (Å²) < 4.78 is 6.25. The van der Waals surface area contributed by atoms with Crippen molar-refractivity contribution >= 4 is 11.9 Å². The molecule has 1 aromatic carbocycles. The monoisotopic (exact) mass is 381 g/mol. The molecule has 1 atom stereocenters. The van der Waals surface area contributed by atoms with Crippen LogP contribution in [0.3, 0.4) is 0 Å².